The SMILES string of the molecule is O=C(O)CCC1CCCN(Cc2cscn2)C1. The summed E-state index contributed by atoms with van der Waals surface area (Å²) < 4.78 is 0. The highest BCUT2D eigenvalue weighted by Crippen LogP contribution is 2.22. The fourth-order valence-electron chi connectivity index (χ4n) is 2.40. The highest BCUT2D eigenvalue weighted by molar-refractivity contribution is 7.07. The van der Waals surface area contributed by atoms with Crippen molar-refractivity contribution in [3.05, 3.63) is 16.6 Å². The van der Waals surface area contributed by atoms with Gasteiger partial charge in [0.2, 0.25) is 0 Å². The van der Waals surface area contributed by atoms with Gasteiger partial charge in [-0.05, 0) is 31.7 Å². The van der Waals surface area contributed by atoms with E-state index in [1.165, 1.54) is 12.8 Å². The standard InChI is InChI=1S/C12H18N2O2S/c15-12(16)4-3-10-2-1-5-14(6-10)7-11-8-17-9-13-11/h8-10H,1-7H2,(H,15,16). The number of hydrogen-bond acceptors (Lipinski definition) is 4. The third kappa shape index (κ3) is 4.09. The Morgan fingerprint density at radius 3 is 3.24 bits per heavy atom. The lowest BCUT2D eigenvalue weighted by Gasteiger charge is -2.32. The molecule has 1 unspecified atom stereocenters. The molecule has 0 bridgehead atoms. The number of carbonyl (C=O) groups is 1. The molecule has 0 amide bonds. The van der Waals surface area contributed by atoms with Gasteiger partial charge in [0.25, 0.3) is 0 Å². The van der Waals surface area contributed by atoms with Gasteiger partial charge in [0.1, 0.15) is 0 Å². The van der Waals surface area contributed by atoms with E-state index in [9.17, 15) is 4.79 Å². The fourth-order valence-corrected chi connectivity index (χ4v) is 2.95. The zero-order valence-electron chi connectivity index (χ0n) is 9.84. The van der Waals surface area contributed by atoms with Gasteiger partial charge in [0, 0.05) is 24.9 Å². The van der Waals surface area contributed by atoms with E-state index in [0.717, 1.165) is 31.7 Å². The van der Waals surface area contributed by atoms with E-state index in [2.05, 4.69) is 15.3 Å². The summed E-state index contributed by atoms with van der Waals surface area (Å²) in [5.41, 5.74) is 3.00. The van der Waals surface area contributed by atoms with Crippen molar-refractivity contribution < 1.29 is 9.90 Å². The van der Waals surface area contributed by atoms with Crippen molar-refractivity contribution in [3.63, 3.8) is 0 Å². The average Bonchev–Trinajstić information content (AvgIpc) is 2.80. The van der Waals surface area contributed by atoms with Gasteiger partial charge >= 0.3 is 5.97 Å². The molecular formula is C12H18N2O2S. The van der Waals surface area contributed by atoms with Crippen LogP contribution in [-0.2, 0) is 11.3 Å². The molecule has 0 spiro atoms. The van der Waals surface area contributed by atoms with Crippen LogP contribution in [-0.4, -0.2) is 34.0 Å². The topological polar surface area (TPSA) is 53.4 Å². The number of nitrogens with zero attached hydrogens (tertiary/aromatic N) is 2. The lowest BCUT2D eigenvalue weighted by atomic mass is 9.93. The molecule has 0 radical (unpaired) electrons. The normalized spacial score (nSPS) is 21.5. The third-order valence-corrected chi connectivity index (χ3v) is 3.87. The first-order valence-electron chi connectivity index (χ1n) is 6.05. The van der Waals surface area contributed by atoms with Crippen molar-refractivity contribution in [3.8, 4) is 0 Å². The van der Waals surface area contributed by atoms with Gasteiger partial charge in [-0.1, -0.05) is 0 Å². The van der Waals surface area contributed by atoms with Crippen molar-refractivity contribution in [2.45, 2.75) is 32.2 Å². The van der Waals surface area contributed by atoms with Crippen LogP contribution in [0.4, 0.5) is 0 Å². The number of thiazole rings is 1. The summed E-state index contributed by atoms with van der Waals surface area (Å²) >= 11 is 1.63. The largest absolute Gasteiger partial charge is 0.481 e. The zero-order chi connectivity index (χ0) is 12.1. The van der Waals surface area contributed by atoms with Gasteiger partial charge in [0.05, 0.1) is 11.2 Å². The molecule has 0 aromatic carbocycles. The van der Waals surface area contributed by atoms with E-state index >= 15 is 0 Å². The molecule has 1 fully saturated rings. The molecule has 94 valence electrons. The van der Waals surface area contributed by atoms with Crippen LogP contribution < -0.4 is 0 Å². The summed E-state index contributed by atoms with van der Waals surface area (Å²) in [6, 6.07) is 0. The molecule has 1 atom stereocenters. The number of likely N-dealkylation sites (tertiary alicyclic amines) is 1. The van der Waals surface area contributed by atoms with Gasteiger partial charge in [-0.2, -0.15) is 0 Å². The summed E-state index contributed by atoms with van der Waals surface area (Å²) in [6.07, 6.45) is 3.45. The number of aliphatic carboxylic acids is 1. The van der Waals surface area contributed by atoms with Crippen molar-refractivity contribution in [2.24, 2.45) is 5.92 Å². The van der Waals surface area contributed by atoms with E-state index < -0.39 is 5.97 Å². The van der Waals surface area contributed by atoms with Crippen LogP contribution in [0.15, 0.2) is 10.9 Å². The zero-order valence-corrected chi connectivity index (χ0v) is 10.7. The van der Waals surface area contributed by atoms with Gasteiger partial charge in [0.15, 0.2) is 0 Å². The Labute approximate surface area is 105 Å². The van der Waals surface area contributed by atoms with E-state index in [4.69, 9.17) is 5.11 Å². The molecule has 1 aromatic heterocycles. The molecule has 5 heteroatoms. The van der Waals surface area contributed by atoms with Crippen molar-refractivity contribution in [1.29, 1.82) is 0 Å². The highest BCUT2D eigenvalue weighted by Gasteiger charge is 2.20. The fraction of sp³-hybridized carbons (Fsp3) is 0.667. The second kappa shape index (κ2) is 6.12. The predicted molar refractivity (Wildman–Crippen MR) is 67.0 cm³/mol. The first-order chi connectivity index (χ1) is 8.24. The molecule has 2 rings (SSSR count). The molecule has 0 saturated carbocycles. The molecule has 0 aliphatic carbocycles. The van der Waals surface area contributed by atoms with Crippen molar-refractivity contribution in [1.82, 2.24) is 9.88 Å². The van der Waals surface area contributed by atoms with E-state index in [1.807, 2.05) is 5.51 Å². The second-order valence-electron chi connectivity index (χ2n) is 4.66. The average molecular weight is 254 g/mol. The molecule has 1 saturated heterocycles. The summed E-state index contributed by atoms with van der Waals surface area (Å²) in [5, 5.41) is 10.8. The first-order valence-corrected chi connectivity index (χ1v) is 6.99. The Balaban J connectivity index is 1.78. The molecule has 1 aliphatic rings. The van der Waals surface area contributed by atoms with Crippen LogP contribution in [0.5, 0.6) is 0 Å². The number of aromatic nitrogens is 1. The van der Waals surface area contributed by atoms with Crippen LogP contribution in [0.25, 0.3) is 0 Å². The van der Waals surface area contributed by atoms with Crippen LogP contribution >= 0.6 is 11.3 Å². The number of hydrogen-bond donors (Lipinski definition) is 1. The minimum Gasteiger partial charge on any atom is -0.481 e. The number of carboxylic acid groups (broad SMARTS) is 1. The Morgan fingerprint density at radius 1 is 1.65 bits per heavy atom. The van der Waals surface area contributed by atoms with Crippen molar-refractivity contribution >= 4 is 17.3 Å². The maximum absolute atomic E-state index is 10.6. The Kier molecular flexibility index (Phi) is 4.50. The summed E-state index contributed by atoms with van der Waals surface area (Å²) in [7, 11) is 0. The molecule has 4 nitrogen and oxygen atoms in total. The van der Waals surface area contributed by atoms with Gasteiger partial charge < -0.3 is 5.11 Å². The smallest absolute Gasteiger partial charge is 0.303 e. The Bertz CT molecular complexity index is 353. The molecule has 1 N–H and O–H groups in total. The van der Waals surface area contributed by atoms with E-state index in [1.54, 1.807) is 11.3 Å². The highest BCUT2D eigenvalue weighted by atomic mass is 32.1. The predicted octanol–water partition coefficient (Wildman–Crippen LogP) is 2.22. The van der Waals surface area contributed by atoms with Crippen LogP contribution in [0.1, 0.15) is 31.4 Å². The summed E-state index contributed by atoms with van der Waals surface area (Å²) in [4.78, 5) is 17.2. The lowest BCUT2D eigenvalue weighted by Crippen LogP contribution is -2.35. The lowest BCUT2D eigenvalue weighted by molar-refractivity contribution is -0.137. The maximum Gasteiger partial charge on any atom is 0.303 e. The van der Waals surface area contributed by atoms with Crippen LogP contribution in [0.2, 0.25) is 0 Å². The molecule has 1 aromatic rings. The maximum atomic E-state index is 10.6. The minimum absolute atomic E-state index is 0.301. The van der Waals surface area contributed by atoms with Gasteiger partial charge in [-0.25, -0.2) is 4.98 Å². The van der Waals surface area contributed by atoms with Crippen molar-refractivity contribution in [2.75, 3.05) is 13.1 Å². The molecular weight excluding hydrogens is 236 g/mol. The first kappa shape index (κ1) is 12.5. The van der Waals surface area contributed by atoms with Gasteiger partial charge in [-0.3, -0.25) is 9.69 Å². The number of rotatable bonds is 5. The van der Waals surface area contributed by atoms with Crippen LogP contribution in [0.3, 0.4) is 0 Å². The monoisotopic (exact) mass is 254 g/mol. The van der Waals surface area contributed by atoms with Crippen LogP contribution in [0, 0.1) is 5.92 Å². The molecule has 2 heterocycles. The van der Waals surface area contributed by atoms with Gasteiger partial charge in [-0.15, -0.1) is 11.3 Å². The number of piperidine rings is 1. The van der Waals surface area contributed by atoms with E-state index in [-0.39, 0.29) is 0 Å². The Morgan fingerprint density at radius 2 is 2.53 bits per heavy atom. The summed E-state index contributed by atoms with van der Waals surface area (Å²) in [6.45, 7) is 3.04. The minimum atomic E-state index is -0.679. The summed E-state index contributed by atoms with van der Waals surface area (Å²) in [5.74, 6) is -0.139. The van der Waals surface area contributed by atoms with E-state index in [0.29, 0.717) is 12.3 Å². The molecule has 17 heavy (non-hydrogen) atoms. The number of carboxylic acids is 1. The molecule has 1 aliphatic heterocycles. The Hall–Kier alpha value is -0.940. The third-order valence-electron chi connectivity index (χ3n) is 3.24. The quantitative estimate of drug-likeness (QED) is 0.875. The second-order valence-corrected chi connectivity index (χ2v) is 5.37.